The summed E-state index contributed by atoms with van der Waals surface area (Å²) >= 11 is 2.16. The van der Waals surface area contributed by atoms with Crippen LogP contribution in [-0.2, 0) is 10.8 Å². The average Bonchev–Trinajstić information content (AvgIpc) is 2.64. The first-order valence-electron chi connectivity index (χ1n) is 9.95. The van der Waals surface area contributed by atoms with Crippen LogP contribution in [0.25, 0.3) is 5.57 Å². The van der Waals surface area contributed by atoms with Crippen LogP contribution < -0.4 is 4.74 Å². The maximum Gasteiger partial charge on any atom is 0.335 e. The second kappa shape index (κ2) is 7.78. The minimum Gasteiger partial charge on any atom is -0.478 e. The van der Waals surface area contributed by atoms with Gasteiger partial charge in [-0.25, -0.2) is 4.79 Å². The smallest absolute Gasteiger partial charge is 0.335 e. The molecular weight excluding hydrogens is 475 g/mol. The number of aromatic carboxylic acids is 1. The van der Waals surface area contributed by atoms with Crippen molar-refractivity contribution in [2.45, 2.75) is 65.2 Å². The Morgan fingerprint density at radius 2 is 1.66 bits per heavy atom. The molecular formula is C25H29IO3. The Labute approximate surface area is 187 Å². The largest absolute Gasteiger partial charge is 0.478 e. The van der Waals surface area contributed by atoms with Gasteiger partial charge in [-0.3, -0.25) is 0 Å². The molecule has 3 rings (SSSR count). The van der Waals surface area contributed by atoms with Gasteiger partial charge in [-0.2, -0.15) is 0 Å². The van der Waals surface area contributed by atoms with E-state index in [0.29, 0.717) is 5.75 Å². The molecule has 0 amide bonds. The van der Waals surface area contributed by atoms with Crippen LogP contribution in [0.5, 0.6) is 5.75 Å². The Hall–Kier alpha value is -1.82. The van der Waals surface area contributed by atoms with E-state index in [0.717, 1.165) is 9.14 Å². The molecule has 0 spiro atoms. The van der Waals surface area contributed by atoms with Crippen LogP contribution in [0.2, 0.25) is 0 Å². The van der Waals surface area contributed by atoms with Crippen molar-refractivity contribution >= 4 is 34.1 Å². The predicted octanol–water partition coefficient (Wildman–Crippen LogP) is 7.09. The van der Waals surface area contributed by atoms with Gasteiger partial charge in [0.1, 0.15) is 5.75 Å². The highest BCUT2D eigenvalue weighted by molar-refractivity contribution is 14.1. The lowest BCUT2D eigenvalue weighted by atomic mass is 9.62. The Balaban J connectivity index is 1.99. The molecule has 1 aliphatic rings. The van der Waals surface area contributed by atoms with E-state index in [4.69, 9.17) is 4.74 Å². The van der Waals surface area contributed by atoms with Crippen LogP contribution in [0.3, 0.4) is 0 Å². The Morgan fingerprint density at radius 1 is 1.07 bits per heavy atom. The van der Waals surface area contributed by atoms with Crippen LogP contribution >= 0.6 is 22.6 Å². The van der Waals surface area contributed by atoms with E-state index in [2.05, 4.69) is 69.3 Å². The number of rotatable bonds is 4. The molecule has 1 N–H and O–H groups in total. The average molecular weight is 504 g/mol. The van der Waals surface area contributed by atoms with Crippen molar-refractivity contribution in [2.75, 3.05) is 0 Å². The number of hydrogen-bond acceptors (Lipinski definition) is 2. The minimum absolute atomic E-state index is 0.152. The van der Waals surface area contributed by atoms with E-state index in [-0.39, 0.29) is 16.4 Å². The highest BCUT2D eigenvalue weighted by Crippen LogP contribution is 2.47. The first-order valence-corrected chi connectivity index (χ1v) is 11.0. The molecule has 0 saturated heterocycles. The molecule has 0 saturated carbocycles. The van der Waals surface area contributed by atoms with E-state index in [9.17, 15) is 9.90 Å². The van der Waals surface area contributed by atoms with Gasteiger partial charge in [-0.15, -0.1) is 0 Å². The molecule has 0 aliphatic heterocycles. The van der Waals surface area contributed by atoms with Crippen LogP contribution in [-0.4, -0.2) is 11.1 Å². The molecule has 0 fully saturated rings. The fourth-order valence-corrected chi connectivity index (χ4v) is 4.55. The zero-order valence-corrected chi connectivity index (χ0v) is 20.2. The van der Waals surface area contributed by atoms with Crippen molar-refractivity contribution in [1.82, 2.24) is 0 Å². The second-order valence-electron chi connectivity index (χ2n) is 9.35. The highest BCUT2D eigenvalue weighted by atomic mass is 127. The highest BCUT2D eigenvalue weighted by Gasteiger charge is 2.37. The number of aryl methyl sites for hydroxylation is 1. The summed E-state index contributed by atoms with van der Waals surface area (Å²) in [5, 5.41) is 9.22. The molecule has 1 aliphatic carbocycles. The lowest BCUT2D eigenvalue weighted by Gasteiger charge is -2.42. The van der Waals surface area contributed by atoms with E-state index < -0.39 is 5.97 Å². The van der Waals surface area contributed by atoms with Crippen molar-refractivity contribution in [3.63, 3.8) is 0 Å². The molecule has 4 heteroatoms. The Kier molecular flexibility index (Phi) is 5.87. The van der Waals surface area contributed by atoms with E-state index in [1.165, 1.54) is 35.1 Å². The topological polar surface area (TPSA) is 46.5 Å². The van der Waals surface area contributed by atoms with Gasteiger partial charge >= 0.3 is 5.97 Å². The third kappa shape index (κ3) is 4.37. The fourth-order valence-electron chi connectivity index (χ4n) is 4.09. The van der Waals surface area contributed by atoms with Gasteiger partial charge in [0.05, 0.1) is 15.4 Å². The van der Waals surface area contributed by atoms with Crippen molar-refractivity contribution < 1.29 is 14.6 Å². The summed E-state index contributed by atoms with van der Waals surface area (Å²) in [6.07, 6.45) is 4.11. The third-order valence-electron chi connectivity index (χ3n) is 6.16. The van der Waals surface area contributed by atoms with Gasteiger partial charge in [0.15, 0.2) is 0 Å². The molecule has 0 bridgehead atoms. The number of halogens is 1. The molecule has 0 heterocycles. The molecule has 0 radical (unpaired) electrons. The number of carboxylic acid groups (broad SMARTS) is 1. The summed E-state index contributed by atoms with van der Waals surface area (Å²) in [4.78, 5) is 11.2. The molecule has 29 heavy (non-hydrogen) atoms. The number of benzene rings is 2. The van der Waals surface area contributed by atoms with E-state index in [1.807, 2.05) is 6.92 Å². The third-order valence-corrected chi connectivity index (χ3v) is 7.05. The Bertz CT molecular complexity index is 999. The normalized spacial score (nSPS) is 17.6. The zero-order chi connectivity index (χ0) is 21.6. The molecule has 154 valence electrons. The first-order chi connectivity index (χ1) is 13.4. The van der Waals surface area contributed by atoms with Gasteiger partial charge in [-0.1, -0.05) is 39.8 Å². The summed E-state index contributed by atoms with van der Waals surface area (Å²) in [5.74, 6) is -0.399. The van der Waals surface area contributed by atoms with E-state index >= 15 is 0 Å². The maximum atomic E-state index is 11.2. The SMILES string of the molecule is C/C(=C\Oc1cc(C(=O)O)ccc1I)c1cc2c(cc1C)C(C)(C)CCC2(C)C. The summed E-state index contributed by atoms with van der Waals surface area (Å²) in [5.41, 5.74) is 6.88. The van der Waals surface area contributed by atoms with Gasteiger partial charge in [0, 0.05) is 0 Å². The standard InChI is InChI=1S/C25H29IO3/c1-15-11-19-20(25(5,6)10-9-24(19,3)4)13-18(15)16(2)14-29-22-12-17(23(27)28)7-8-21(22)26/h7-8,11-14H,9-10H2,1-6H3,(H,27,28)/b16-14+. The van der Waals surface area contributed by atoms with Gasteiger partial charge in [0.25, 0.3) is 0 Å². The van der Waals surface area contributed by atoms with Crippen LogP contribution in [0.4, 0.5) is 0 Å². The number of ether oxygens (including phenoxy) is 1. The molecule has 2 aromatic carbocycles. The van der Waals surface area contributed by atoms with Gasteiger partial charge < -0.3 is 9.84 Å². The van der Waals surface area contributed by atoms with Crippen molar-refractivity contribution in [2.24, 2.45) is 0 Å². The summed E-state index contributed by atoms with van der Waals surface area (Å²) < 4.78 is 6.78. The van der Waals surface area contributed by atoms with Crippen molar-refractivity contribution in [1.29, 1.82) is 0 Å². The summed E-state index contributed by atoms with van der Waals surface area (Å²) in [6.45, 7) is 13.5. The quantitative estimate of drug-likeness (QED) is 0.357. The number of carbonyl (C=O) groups is 1. The summed E-state index contributed by atoms with van der Waals surface area (Å²) in [7, 11) is 0. The number of carboxylic acids is 1. The molecule has 3 nitrogen and oxygen atoms in total. The lowest BCUT2D eigenvalue weighted by molar-refractivity contribution is 0.0696. The van der Waals surface area contributed by atoms with Crippen molar-refractivity contribution in [3.05, 3.63) is 68.0 Å². The first kappa shape index (κ1) is 21.9. The van der Waals surface area contributed by atoms with Gasteiger partial charge in [0.2, 0.25) is 0 Å². The Morgan fingerprint density at radius 3 is 2.24 bits per heavy atom. The second-order valence-corrected chi connectivity index (χ2v) is 10.5. The molecule has 0 atom stereocenters. The zero-order valence-electron chi connectivity index (χ0n) is 18.0. The number of allylic oxidation sites excluding steroid dienone is 1. The molecule has 0 aromatic heterocycles. The predicted molar refractivity (Wildman–Crippen MR) is 127 cm³/mol. The molecule has 2 aromatic rings. The monoisotopic (exact) mass is 504 g/mol. The van der Waals surface area contributed by atoms with Gasteiger partial charge in [-0.05, 0) is 106 Å². The van der Waals surface area contributed by atoms with E-state index in [1.54, 1.807) is 24.5 Å². The summed E-state index contributed by atoms with van der Waals surface area (Å²) in [6, 6.07) is 9.60. The number of fused-ring (bicyclic) bond motifs is 1. The van der Waals surface area contributed by atoms with Crippen LogP contribution in [0.1, 0.15) is 80.1 Å². The van der Waals surface area contributed by atoms with Crippen LogP contribution in [0, 0.1) is 10.5 Å². The maximum absolute atomic E-state index is 11.2. The minimum atomic E-state index is -0.956. The lowest BCUT2D eigenvalue weighted by Crippen LogP contribution is -2.34. The number of hydrogen-bond donors (Lipinski definition) is 1. The van der Waals surface area contributed by atoms with Crippen molar-refractivity contribution in [3.8, 4) is 5.75 Å². The van der Waals surface area contributed by atoms with Crippen LogP contribution in [0.15, 0.2) is 36.6 Å². The fraction of sp³-hybridized carbons (Fsp3) is 0.400. The molecule has 0 unspecified atom stereocenters.